The molecule has 0 saturated heterocycles. The molecule has 1 heterocycles. The van der Waals surface area contributed by atoms with Crippen molar-refractivity contribution in [3.63, 3.8) is 0 Å². The zero-order valence-electron chi connectivity index (χ0n) is 15.7. The Kier molecular flexibility index (Phi) is 11.8. The molecule has 2 aromatic rings. The second-order valence-corrected chi connectivity index (χ2v) is 6.70. The molecule has 150 valence electrons. The minimum Gasteiger partial charge on any atom is -0.377 e. The fourth-order valence-corrected chi connectivity index (χ4v) is 2.87. The van der Waals surface area contributed by atoms with Crippen LogP contribution in [-0.4, -0.2) is 30.7 Å². The summed E-state index contributed by atoms with van der Waals surface area (Å²) in [6.45, 7) is 2.86. The fourth-order valence-electron chi connectivity index (χ4n) is 2.45. The van der Waals surface area contributed by atoms with Crippen molar-refractivity contribution < 1.29 is 4.74 Å². The van der Waals surface area contributed by atoms with Crippen LogP contribution in [0.15, 0.2) is 41.4 Å². The van der Waals surface area contributed by atoms with Crippen molar-refractivity contribution in [2.75, 3.05) is 20.2 Å². The van der Waals surface area contributed by atoms with Crippen LogP contribution in [0.3, 0.4) is 0 Å². The molecule has 0 bridgehead atoms. The van der Waals surface area contributed by atoms with Crippen molar-refractivity contribution >= 4 is 53.1 Å². The summed E-state index contributed by atoms with van der Waals surface area (Å²) in [6, 6.07) is 12.1. The number of nitrogens with zero attached hydrogens (tertiary/aromatic N) is 2. The number of benzene rings is 1. The van der Waals surface area contributed by atoms with Gasteiger partial charge in [-0.2, -0.15) is 0 Å². The van der Waals surface area contributed by atoms with E-state index < -0.39 is 0 Å². The van der Waals surface area contributed by atoms with Gasteiger partial charge in [-0.1, -0.05) is 53.5 Å². The molecule has 0 aliphatic rings. The van der Waals surface area contributed by atoms with Crippen LogP contribution in [0.1, 0.15) is 24.1 Å². The van der Waals surface area contributed by atoms with E-state index >= 15 is 0 Å². The third kappa shape index (κ3) is 8.29. The number of hydrogen-bond donors (Lipinski definition) is 2. The predicted molar refractivity (Wildman–Crippen MR) is 124 cm³/mol. The molecular formula is C19H27Cl2IN4O. The van der Waals surface area contributed by atoms with Crippen molar-refractivity contribution in [3.05, 3.63) is 57.8 Å². The molecule has 2 rings (SSSR count). The normalized spacial score (nSPS) is 11.2. The quantitative estimate of drug-likeness (QED) is 0.218. The Morgan fingerprint density at radius 2 is 1.89 bits per heavy atom. The summed E-state index contributed by atoms with van der Waals surface area (Å²) in [5.74, 6) is 0.753. The van der Waals surface area contributed by atoms with E-state index in [1.807, 2.05) is 35.9 Å². The second-order valence-electron chi connectivity index (χ2n) is 5.93. The molecule has 0 fully saturated rings. The van der Waals surface area contributed by atoms with Crippen molar-refractivity contribution in [2.24, 2.45) is 12.0 Å². The number of aromatic nitrogens is 1. The van der Waals surface area contributed by atoms with Crippen LogP contribution in [0.2, 0.25) is 10.2 Å². The van der Waals surface area contributed by atoms with Gasteiger partial charge < -0.3 is 19.9 Å². The molecule has 0 saturated carbocycles. The van der Waals surface area contributed by atoms with Crippen LogP contribution >= 0.6 is 47.2 Å². The Labute approximate surface area is 188 Å². The number of halogens is 3. The number of hydrogen-bond acceptors (Lipinski definition) is 2. The van der Waals surface area contributed by atoms with Crippen molar-refractivity contribution in [1.82, 2.24) is 15.2 Å². The Hall–Kier alpha value is -0.960. The van der Waals surface area contributed by atoms with E-state index in [1.54, 1.807) is 7.05 Å². The van der Waals surface area contributed by atoms with Gasteiger partial charge in [0.1, 0.15) is 5.15 Å². The maximum atomic E-state index is 6.08. The van der Waals surface area contributed by atoms with Gasteiger partial charge in [-0.05, 0) is 24.5 Å². The molecule has 0 amide bonds. The minimum atomic E-state index is 0. The molecule has 0 atom stereocenters. The Morgan fingerprint density at radius 1 is 1.15 bits per heavy atom. The lowest BCUT2D eigenvalue weighted by Gasteiger charge is -2.12. The minimum absolute atomic E-state index is 0. The molecule has 27 heavy (non-hydrogen) atoms. The van der Waals surface area contributed by atoms with E-state index in [4.69, 9.17) is 27.9 Å². The Balaban J connectivity index is 0.00000364. The molecule has 8 heteroatoms. The van der Waals surface area contributed by atoms with Gasteiger partial charge in [0.2, 0.25) is 0 Å². The molecule has 0 unspecified atom stereocenters. The molecule has 0 aliphatic heterocycles. The van der Waals surface area contributed by atoms with Crippen LogP contribution in [-0.2, 0) is 24.9 Å². The standard InChI is InChI=1S/C19H26Cl2N4O.HI/c1-22-19(24-13-16-12-17(20)18(21)25(16)2)23-10-6-7-11-26-14-15-8-4-3-5-9-15;/h3-5,8-9,12H,6-7,10-11,13-14H2,1-2H3,(H2,22,23,24);1H. The first-order valence-electron chi connectivity index (χ1n) is 8.67. The van der Waals surface area contributed by atoms with Gasteiger partial charge in [-0.25, -0.2) is 0 Å². The van der Waals surface area contributed by atoms with Gasteiger partial charge in [0.05, 0.1) is 18.2 Å². The molecule has 1 aromatic heterocycles. The topological polar surface area (TPSA) is 50.6 Å². The predicted octanol–water partition coefficient (Wildman–Crippen LogP) is 4.61. The monoisotopic (exact) mass is 524 g/mol. The summed E-state index contributed by atoms with van der Waals surface area (Å²) < 4.78 is 7.54. The van der Waals surface area contributed by atoms with Crippen LogP contribution in [0.25, 0.3) is 0 Å². The van der Waals surface area contributed by atoms with Crippen molar-refractivity contribution in [3.8, 4) is 0 Å². The van der Waals surface area contributed by atoms with Crippen LogP contribution in [0, 0.1) is 0 Å². The smallest absolute Gasteiger partial charge is 0.191 e. The van der Waals surface area contributed by atoms with E-state index in [0.717, 1.165) is 37.6 Å². The van der Waals surface area contributed by atoms with Crippen LogP contribution in [0.4, 0.5) is 0 Å². The maximum Gasteiger partial charge on any atom is 0.191 e. The fraction of sp³-hybridized carbons (Fsp3) is 0.421. The van der Waals surface area contributed by atoms with Gasteiger partial charge in [-0.15, -0.1) is 24.0 Å². The van der Waals surface area contributed by atoms with Gasteiger partial charge in [0.25, 0.3) is 0 Å². The van der Waals surface area contributed by atoms with Gasteiger partial charge in [0, 0.05) is 32.9 Å². The highest BCUT2D eigenvalue weighted by atomic mass is 127. The number of guanidine groups is 1. The highest BCUT2D eigenvalue weighted by Gasteiger charge is 2.09. The second kappa shape index (κ2) is 13.3. The molecule has 0 spiro atoms. The third-order valence-corrected chi connectivity index (χ3v) is 4.84. The molecule has 0 aliphatic carbocycles. The summed E-state index contributed by atoms with van der Waals surface area (Å²) in [5.41, 5.74) is 2.20. The SMILES string of the molecule is CN=C(NCCCCOCc1ccccc1)NCc1cc(Cl)c(Cl)n1C.I. The zero-order chi connectivity index (χ0) is 18.8. The van der Waals surface area contributed by atoms with Crippen molar-refractivity contribution in [1.29, 1.82) is 0 Å². The van der Waals surface area contributed by atoms with Gasteiger partial charge >= 0.3 is 0 Å². The largest absolute Gasteiger partial charge is 0.377 e. The first-order valence-corrected chi connectivity index (χ1v) is 9.43. The van der Waals surface area contributed by atoms with Crippen LogP contribution in [0.5, 0.6) is 0 Å². The molecule has 5 nitrogen and oxygen atoms in total. The summed E-state index contributed by atoms with van der Waals surface area (Å²) in [6.07, 6.45) is 2.01. The number of nitrogens with one attached hydrogen (secondary N) is 2. The number of rotatable bonds is 9. The Bertz CT molecular complexity index is 707. The first kappa shape index (κ1) is 24.1. The lowest BCUT2D eigenvalue weighted by molar-refractivity contribution is 0.117. The van der Waals surface area contributed by atoms with Crippen LogP contribution < -0.4 is 10.6 Å². The number of aliphatic imine (C=N–C) groups is 1. The lowest BCUT2D eigenvalue weighted by atomic mass is 10.2. The highest BCUT2D eigenvalue weighted by Crippen LogP contribution is 2.24. The average molecular weight is 525 g/mol. The molecule has 0 radical (unpaired) electrons. The molecule has 2 N–H and O–H groups in total. The van der Waals surface area contributed by atoms with E-state index in [2.05, 4.69) is 27.8 Å². The summed E-state index contributed by atoms with van der Waals surface area (Å²) in [5, 5.41) is 7.66. The number of ether oxygens (including phenoxy) is 1. The average Bonchev–Trinajstić information content (AvgIpc) is 2.91. The summed E-state index contributed by atoms with van der Waals surface area (Å²) in [4.78, 5) is 4.22. The summed E-state index contributed by atoms with van der Waals surface area (Å²) >= 11 is 12.1. The third-order valence-electron chi connectivity index (χ3n) is 4.00. The summed E-state index contributed by atoms with van der Waals surface area (Å²) in [7, 11) is 3.64. The van der Waals surface area contributed by atoms with Gasteiger partial charge in [0.15, 0.2) is 5.96 Å². The van der Waals surface area contributed by atoms with Gasteiger partial charge in [-0.3, -0.25) is 4.99 Å². The lowest BCUT2D eigenvalue weighted by Crippen LogP contribution is -2.37. The maximum absolute atomic E-state index is 6.08. The highest BCUT2D eigenvalue weighted by molar-refractivity contribution is 14.0. The Morgan fingerprint density at radius 3 is 2.52 bits per heavy atom. The van der Waals surface area contributed by atoms with E-state index in [-0.39, 0.29) is 24.0 Å². The molecular weight excluding hydrogens is 498 g/mol. The van der Waals surface area contributed by atoms with E-state index in [0.29, 0.717) is 23.3 Å². The molecule has 1 aromatic carbocycles. The number of unbranched alkanes of at least 4 members (excludes halogenated alkanes) is 1. The van der Waals surface area contributed by atoms with Crippen molar-refractivity contribution in [2.45, 2.75) is 26.0 Å². The van der Waals surface area contributed by atoms with E-state index in [9.17, 15) is 0 Å². The van der Waals surface area contributed by atoms with E-state index in [1.165, 1.54) is 5.56 Å². The first-order chi connectivity index (χ1) is 12.6. The zero-order valence-corrected chi connectivity index (χ0v) is 19.5.